The Morgan fingerprint density at radius 2 is 2.06 bits per heavy atom. The lowest BCUT2D eigenvalue weighted by molar-refractivity contribution is -0.137. The van der Waals surface area contributed by atoms with Crippen LogP contribution in [0.1, 0.15) is 21.5 Å². The average Bonchev–Trinajstić information content (AvgIpc) is 2.24. The van der Waals surface area contributed by atoms with Gasteiger partial charge in [-0.25, -0.2) is 4.79 Å². The van der Waals surface area contributed by atoms with Crippen LogP contribution < -0.4 is 0 Å². The third kappa shape index (κ3) is 3.49. The summed E-state index contributed by atoms with van der Waals surface area (Å²) in [5.74, 6) is 3.55. The highest BCUT2D eigenvalue weighted by molar-refractivity contribution is 9.09. The van der Waals surface area contributed by atoms with Crippen molar-refractivity contribution in [1.29, 1.82) is 0 Å². The van der Waals surface area contributed by atoms with Gasteiger partial charge in [-0.05, 0) is 18.2 Å². The maximum atomic E-state index is 12.4. The number of carboxylic acids is 1. The zero-order valence-electron chi connectivity index (χ0n) is 8.31. The van der Waals surface area contributed by atoms with Gasteiger partial charge in [-0.2, -0.15) is 13.2 Å². The van der Waals surface area contributed by atoms with Crippen molar-refractivity contribution < 1.29 is 23.1 Å². The summed E-state index contributed by atoms with van der Waals surface area (Å²) in [5.41, 5.74) is -1.31. The highest BCUT2D eigenvalue weighted by Gasteiger charge is 2.31. The minimum Gasteiger partial charge on any atom is -0.478 e. The number of rotatable bonds is 1. The molecule has 1 aromatic rings. The summed E-state index contributed by atoms with van der Waals surface area (Å²) in [6.45, 7) is 0. The number of carboxylic acid groups (broad SMARTS) is 1. The van der Waals surface area contributed by atoms with Crippen LogP contribution in [0.2, 0.25) is 0 Å². The van der Waals surface area contributed by atoms with Crippen molar-refractivity contribution >= 4 is 21.9 Å². The molecular weight excluding hydrogens is 301 g/mol. The first-order chi connectivity index (χ1) is 7.86. The van der Waals surface area contributed by atoms with Crippen molar-refractivity contribution in [2.45, 2.75) is 6.18 Å². The lowest BCUT2D eigenvalue weighted by Gasteiger charge is -2.08. The minimum atomic E-state index is -4.51. The number of benzene rings is 1. The van der Waals surface area contributed by atoms with Gasteiger partial charge in [-0.3, -0.25) is 0 Å². The summed E-state index contributed by atoms with van der Waals surface area (Å²) in [6.07, 6.45) is -4.51. The zero-order valence-corrected chi connectivity index (χ0v) is 9.89. The lowest BCUT2D eigenvalue weighted by atomic mass is 10.0. The van der Waals surface area contributed by atoms with Crippen LogP contribution in [0.3, 0.4) is 0 Å². The van der Waals surface area contributed by atoms with Crippen molar-refractivity contribution in [3.8, 4) is 11.8 Å². The van der Waals surface area contributed by atoms with E-state index in [0.717, 1.165) is 18.2 Å². The Hall–Kier alpha value is -1.48. The average molecular weight is 307 g/mol. The normalized spacial score (nSPS) is 10.6. The fourth-order valence-electron chi connectivity index (χ4n) is 1.14. The second-order valence-corrected chi connectivity index (χ2v) is 3.56. The van der Waals surface area contributed by atoms with Crippen molar-refractivity contribution in [3.05, 3.63) is 34.9 Å². The second kappa shape index (κ2) is 5.23. The molecule has 0 aliphatic carbocycles. The van der Waals surface area contributed by atoms with E-state index in [1.54, 1.807) is 0 Å². The predicted octanol–water partition coefficient (Wildman–Crippen LogP) is 3.15. The molecule has 0 unspecified atom stereocenters. The quantitative estimate of drug-likeness (QED) is 0.639. The van der Waals surface area contributed by atoms with Gasteiger partial charge in [0, 0.05) is 5.56 Å². The van der Waals surface area contributed by atoms with E-state index in [-0.39, 0.29) is 16.5 Å². The molecule has 1 rings (SSSR count). The molecule has 0 aromatic heterocycles. The van der Waals surface area contributed by atoms with E-state index < -0.39 is 17.7 Å². The first-order valence-corrected chi connectivity index (χ1v) is 5.47. The molecule has 0 spiro atoms. The molecule has 0 fully saturated rings. The summed E-state index contributed by atoms with van der Waals surface area (Å²) < 4.78 is 37.3. The number of carbonyl (C=O) groups is 1. The number of hydrogen-bond donors (Lipinski definition) is 1. The zero-order chi connectivity index (χ0) is 13.1. The van der Waals surface area contributed by atoms with Gasteiger partial charge in [-0.1, -0.05) is 27.8 Å². The Kier molecular flexibility index (Phi) is 4.18. The molecule has 90 valence electrons. The molecule has 0 aliphatic rings. The van der Waals surface area contributed by atoms with Gasteiger partial charge in [0.2, 0.25) is 0 Å². The van der Waals surface area contributed by atoms with Crippen molar-refractivity contribution in [1.82, 2.24) is 0 Å². The molecule has 6 heteroatoms. The van der Waals surface area contributed by atoms with Crippen LogP contribution in [0.4, 0.5) is 13.2 Å². The van der Waals surface area contributed by atoms with Gasteiger partial charge in [0.15, 0.2) is 0 Å². The molecule has 1 N–H and O–H groups in total. The number of hydrogen-bond acceptors (Lipinski definition) is 1. The van der Waals surface area contributed by atoms with Crippen molar-refractivity contribution in [3.63, 3.8) is 0 Å². The van der Waals surface area contributed by atoms with Gasteiger partial charge in [0.25, 0.3) is 0 Å². The van der Waals surface area contributed by atoms with E-state index in [4.69, 9.17) is 5.11 Å². The Morgan fingerprint density at radius 1 is 1.41 bits per heavy atom. The SMILES string of the molecule is O=C(O)c1ccc(C(F)(F)F)cc1C#CCBr. The van der Waals surface area contributed by atoms with E-state index in [2.05, 4.69) is 27.8 Å². The predicted molar refractivity (Wildman–Crippen MR) is 59.1 cm³/mol. The van der Waals surface area contributed by atoms with Gasteiger partial charge in [0.1, 0.15) is 0 Å². The van der Waals surface area contributed by atoms with E-state index in [9.17, 15) is 18.0 Å². The maximum Gasteiger partial charge on any atom is 0.416 e. The summed E-state index contributed by atoms with van der Waals surface area (Å²) in [4.78, 5) is 10.8. The fraction of sp³-hybridized carbons (Fsp3) is 0.182. The number of alkyl halides is 4. The number of halogens is 4. The lowest BCUT2D eigenvalue weighted by Crippen LogP contribution is -2.08. The van der Waals surface area contributed by atoms with Crippen LogP contribution in [-0.4, -0.2) is 16.4 Å². The third-order valence-electron chi connectivity index (χ3n) is 1.87. The summed E-state index contributed by atoms with van der Waals surface area (Å²) >= 11 is 2.98. The van der Waals surface area contributed by atoms with E-state index in [0.29, 0.717) is 0 Å². The van der Waals surface area contributed by atoms with Crippen LogP contribution in [0.15, 0.2) is 18.2 Å². The molecule has 0 atom stereocenters. The Bertz CT molecular complexity index is 498. The van der Waals surface area contributed by atoms with Crippen LogP contribution in [-0.2, 0) is 6.18 Å². The fourth-order valence-corrected chi connectivity index (χ4v) is 1.28. The monoisotopic (exact) mass is 306 g/mol. The molecule has 2 nitrogen and oxygen atoms in total. The summed E-state index contributed by atoms with van der Waals surface area (Å²) in [6, 6.07) is 2.37. The van der Waals surface area contributed by atoms with Gasteiger partial charge in [-0.15, -0.1) is 0 Å². The first kappa shape index (κ1) is 13.6. The molecule has 0 saturated carbocycles. The van der Waals surface area contributed by atoms with Crippen LogP contribution >= 0.6 is 15.9 Å². The molecule has 0 heterocycles. The van der Waals surface area contributed by atoms with Crippen LogP contribution in [0.5, 0.6) is 0 Å². The van der Waals surface area contributed by atoms with Crippen LogP contribution in [0.25, 0.3) is 0 Å². The molecule has 0 saturated heterocycles. The first-order valence-electron chi connectivity index (χ1n) is 4.35. The highest BCUT2D eigenvalue weighted by atomic mass is 79.9. The molecule has 0 radical (unpaired) electrons. The minimum absolute atomic E-state index is 0.147. The Labute approximate surface area is 104 Å². The van der Waals surface area contributed by atoms with E-state index in [1.165, 1.54) is 0 Å². The van der Waals surface area contributed by atoms with Gasteiger partial charge < -0.3 is 5.11 Å². The Balaban J connectivity index is 3.34. The Morgan fingerprint density at radius 3 is 2.53 bits per heavy atom. The summed E-state index contributed by atoms with van der Waals surface area (Å²) in [5, 5.41) is 9.05. The largest absolute Gasteiger partial charge is 0.478 e. The standard InChI is InChI=1S/C11H6BrF3O2/c12-5-1-2-7-6-8(11(13,14)15)3-4-9(7)10(16)17/h3-4,6H,5H2,(H,16,17). The molecular formula is C11H6BrF3O2. The topological polar surface area (TPSA) is 37.3 Å². The molecule has 17 heavy (non-hydrogen) atoms. The molecule has 0 amide bonds. The smallest absolute Gasteiger partial charge is 0.416 e. The number of aromatic carboxylic acids is 1. The second-order valence-electron chi connectivity index (χ2n) is 3.00. The molecule has 1 aromatic carbocycles. The molecule has 0 bridgehead atoms. The van der Waals surface area contributed by atoms with Gasteiger partial charge in [0.05, 0.1) is 16.5 Å². The van der Waals surface area contributed by atoms with Crippen molar-refractivity contribution in [2.24, 2.45) is 0 Å². The van der Waals surface area contributed by atoms with Crippen molar-refractivity contribution in [2.75, 3.05) is 5.33 Å². The third-order valence-corrected chi connectivity index (χ3v) is 2.15. The maximum absolute atomic E-state index is 12.4. The molecule has 0 aliphatic heterocycles. The van der Waals surface area contributed by atoms with E-state index in [1.807, 2.05) is 0 Å². The van der Waals surface area contributed by atoms with E-state index >= 15 is 0 Å². The van der Waals surface area contributed by atoms with Gasteiger partial charge >= 0.3 is 12.1 Å². The highest BCUT2D eigenvalue weighted by Crippen LogP contribution is 2.30. The van der Waals surface area contributed by atoms with Crippen LogP contribution in [0, 0.1) is 11.8 Å². The summed E-state index contributed by atoms with van der Waals surface area (Å²) in [7, 11) is 0.